The Morgan fingerprint density at radius 2 is 2.05 bits per heavy atom. The van der Waals surface area contributed by atoms with Crippen molar-refractivity contribution >= 4 is 23.3 Å². The van der Waals surface area contributed by atoms with Gasteiger partial charge in [-0.15, -0.1) is 0 Å². The zero-order valence-corrected chi connectivity index (χ0v) is 12.9. The first-order valence-electron chi connectivity index (χ1n) is 7.42. The molecule has 0 bridgehead atoms. The highest BCUT2D eigenvalue weighted by Crippen LogP contribution is 2.40. The molecule has 4 nitrogen and oxygen atoms in total. The van der Waals surface area contributed by atoms with Gasteiger partial charge in [-0.05, 0) is 30.4 Å². The molecular weight excluding hydrogens is 298 g/mol. The van der Waals surface area contributed by atoms with E-state index in [0.717, 1.165) is 0 Å². The molecule has 1 fully saturated rings. The number of nitrogens with zero attached hydrogens (tertiary/aromatic N) is 1. The molecule has 3 N–H and O–H groups in total. The molecule has 1 unspecified atom stereocenters. The maximum Gasteiger partial charge on any atom is 0.250 e. The molecule has 0 aliphatic heterocycles. The Morgan fingerprint density at radius 3 is 2.59 bits per heavy atom. The lowest BCUT2D eigenvalue weighted by Gasteiger charge is -2.35. The summed E-state index contributed by atoms with van der Waals surface area (Å²) in [5, 5.41) is 3.85. The second-order valence-corrected chi connectivity index (χ2v) is 6.05. The first-order valence-corrected chi connectivity index (χ1v) is 7.80. The molecule has 0 saturated heterocycles. The molecule has 5 heteroatoms. The monoisotopic (exact) mass is 315 g/mol. The molecule has 1 heterocycles. The molecule has 22 heavy (non-hydrogen) atoms. The van der Waals surface area contributed by atoms with Crippen molar-refractivity contribution in [3.63, 3.8) is 0 Å². The van der Waals surface area contributed by atoms with Crippen LogP contribution in [-0.2, 0) is 0 Å². The van der Waals surface area contributed by atoms with Gasteiger partial charge in [0.25, 0.3) is 0 Å². The number of halogens is 1. The maximum absolute atomic E-state index is 11.2. The summed E-state index contributed by atoms with van der Waals surface area (Å²) < 4.78 is 0. The van der Waals surface area contributed by atoms with Crippen LogP contribution in [0.2, 0.25) is 5.02 Å². The number of aromatic nitrogens is 1. The van der Waals surface area contributed by atoms with Gasteiger partial charge in [-0.3, -0.25) is 4.79 Å². The zero-order valence-electron chi connectivity index (χ0n) is 12.1. The molecule has 0 spiro atoms. The fourth-order valence-electron chi connectivity index (χ4n) is 2.73. The first-order chi connectivity index (χ1) is 10.6. The van der Waals surface area contributed by atoms with Crippen LogP contribution in [0.25, 0.3) is 0 Å². The normalized spacial score (nSPS) is 15.9. The van der Waals surface area contributed by atoms with Crippen LogP contribution in [0.15, 0.2) is 42.6 Å². The smallest absolute Gasteiger partial charge is 0.250 e. The van der Waals surface area contributed by atoms with Crippen LogP contribution in [0, 0.1) is 5.92 Å². The molecule has 1 aromatic heterocycles. The minimum absolute atomic E-state index is 0.180. The van der Waals surface area contributed by atoms with E-state index < -0.39 is 5.91 Å². The van der Waals surface area contributed by atoms with Gasteiger partial charge >= 0.3 is 0 Å². The summed E-state index contributed by atoms with van der Waals surface area (Å²) >= 11 is 6.24. The van der Waals surface area contributed by atoms with E-state index in [0.29, 0.717) is 22.3 Å². The zero-order chi connectivity index (χ0) is 15.5. The minimum atomic E-state index is -0.528. The lowest BCUT2D eigenvalue weighted by atomic mass is 9.77. The number of nitrogens with one attached hydrogen (secondary N) is 1. The number of hydrogen-bond donors (Lipinski definition) is 2. The fraction of sp³-hybridized carbons (Fsp3) is 0.294. The quantitative estimate of drug-likeness (QED) is 0.882. The summed E-state index contributed by atoms with van der Waals surface area (Å²) in [5.74, 6) is 0.642. The Kier molecular flexibility index (Phi) is 4.29. The van der Waals surface area contributed by atoms with E-state index in [2.05, 4.69) is 22.4 Å². The topological polar surface area (TPSA) is 68.0 Å². The lowest BCUT2D eigenvalue weighted by Crippen LogP contribution is -2.27. The minimum Gasteiger partial charge on any atom is -0.366 e. The standard InChI is InChI=1S/C17H18ClN3O/c18-14-9-13(16(19)22)10-20-17(14)21-15(12-7-4-8-12)11-5-2-1-3-6-11/h1-3,5-6,9-10,12,15H,4,7-8H2,(H2,19,22)(H,20,21). The third kappa shape index (κ3) is 3.07. The molecule has 1 atom stereocenters. The molecular formula is C17H18ClN3O. The summed E-state index contributed by atoms with van der Waals surface area (Å²) in [4.78, 5) is 15.4. The SMILES string of the molecule is NC(=O)c1cnc(NC(c2ccccc2)C2CCC2)c(Cl)c1. The molecule has 1 aromatic carbocycles. The van der Waals surface area contributed by atoms with E-state index in [4.69, 9.17) is 17.3 Å². The van der Waals surface area contributed by atoms with E-state index >= 15 is 0 Å². The molecule has 1 aliphatic rings. The van der Waals surface area contributed by atoms with Crippen LogP contribution >= 0.6 is 11.6 Å². The van der Waals surface area contributed by atoms with Crippen molar-refractivity contribution in [2.24, 2.45) is 11.7 Å². The number of anilines is 1. The van der Waals surface area contributed by atoms with Gasteiger partial charge in [-0.1, -0.05) is 48.4 Å². The third-order valence-corrected chi connectivity index (χ3v) is 4.49. The van der Waals surface area contributed by atoms with Crippen LogP contribution < -0.4 is 11.1 Å². The highest BCUT2D eigenvalue weighted by molar-refractivity contribution is 6.33. The van der Waals surface area contributed by atoms with Crippen molar-refractivity contribution in [3.05, 3.63) is 58.7 Å². The van der Waals surface area contributed by atoms with Crippen molar-refractivity contribution in [1.82, 2.24) is 4.98 Å². The van der Waals surface area contributed by atoms with E-state index in [1.807, 2.05) is 18.2 Å². The van der Waals surface area contributed by atoms with E-state index in [9.17, 15) is 4.79 Å². The fourth-order valence-corrected chi connectivity index (χ4v) is 2.95. The Hall–Kier alpha value is -2.07. The molecule has 0 radical (unpaired) electrons. The van der Waals surface area contributed by atoms with Gasteiger partial charge in [0.15, 0.2) is 0 Å². The van der Waals surface area contributed by atoms with Crippen LogP contribution in [-0.4, -0.2) is 10.9 Å². The number of hydrogen-bond acceptors (Lipinski definition) is 3. The molecule has 114 valence electrons. The molecule has 3 rings (SSSR count). The van der Waals surface area contributed by atoms with Gasteiger partial charge in [0.2, 0.25) is 5.91 Å². The third-order valence-electron chi connectivity index (χ3n) is 4.20. The summed E-state index contributed by atoms with van der Waals surface area (Å²) in [6, 6.07) is 12.0. The highest BCUT2D eigenvalue weighted by atomic mass is 35.5. The van der Waals surface area contributed by atoms with Gasteiger partial charge < -0.3 is 11.1 Å². The van der Waals surface area contributed by atoms with Crippen LogP contribution in [0.1, 0.15) is 41.2 Å². The summed E-state index contributed by atoms with van der Waals surface area (Å²) in [5.41, 5.74) is 6.79. The van der Waals surface area contributed by atoms with E-state index in [-0.39, 0.29) is 6.04 Å². The van der Waals surface area contributed by atoms with E-state index in [1.54, 1.807) is 6.07 Å². The van der Waals surface area contributed by atoms with Gasteiger partial charge in [-0.25, -0.2) is 4.98 Å². The summed E-state index contributed by atoms with van der Waals surface area (Å²) in [7, 11) is 0. The molecule has 1 aliphatic carbocycles. The number of nitrogens with two attached hydrogens (primary N) is 1. The maximum atomic E-state index is 11.2. The van der Waals surface area contributed by atoms with Crippen LogP contribution in [0.5, 0.6) is 0 Å². The lowest BCUT2D eigenvalue weighted by molar-refractivity contribution is 0.1000. The molecule has 1 saturated carbocycles. The number of carbonyl (C=O) groups is 1. The van der Waals surface area contributed by atoms with Crippen molar-refractivity contribution in [3.8, 4) is 0 Å². The number of pyridine rings is 1. The van der Waals surface area contributed by atoms with Crippen molar-refractivity contribution in [1.29, 1.82) is 0 Å². The summed E-state index contributed by atoms with van der Waals surface area (Å²) in [6.07, 6.45) is 5.12. The Bertz CT molecular complexity index is 671. The Labute approximate surface area is 134 Å². The largest absolute Gasteiger partial charge is 0.366 e. The van der Waals surface area contributed by atoms with Crippen LogP contribution in [0.3, 0.4) is 0 Å². The van der Waals surface area contributed by atoms with Crippen molar-refractivity contribution < 1.29 is 4.79 Å². The predicted octanol–water partition coefficient (Wildman–Crippen LogP) is 3.79. The second-order valence-electron chi connectivity index (χ2n) is 5.64. The molecule has 2 aromatic rings. The Morgan fingerprint density at radius 1 is 1.32 bits per heavy atom. The van der Waals surface area contributed by atoms with Gasteiger partial charge in [-0.2, -0.15) is 0 Å². The number of benzene rings is 1. The number of amides is 1. The molecule has 1 amide bonds. The van der Waals surface area contributed by atoms with Crippen molar-refractivity contribution in [2.75, 3.05) is 5.32 Å². The highest BCUT2D eigenvalue weighted by Gasteiger charge is 2.29. The van der Waals surface area contributed by atoms with Gasteiger partial charge in [0, 0.05) is 6.20 Å². The van der Waals surface area contributed by atoms with Crippen molar-refractivity contribution in [2.45, 2.75) is 25.3 Å². The second kappa shape index (κ2) is 6.36. The predicted molar refractivity (Wildman–Crippen MR) is 87.9 cm³/mol. The van der Waals surface area contributed by atoms with Gasteiger partial charge in [0.1, 0.15) is 5.82 Å². The van der Waals surface area contributed by atoms with Crippen LogP contribution in [0.4, 0.5) is 5.82 Å². The van der Waals surface area contributed by atoms with Gasteiger partial charge in [0.05, 0.1) is 16.6 Å². The Balaban J connectivity index is 1.86. The number of rotatable bonds is 5. The van der Waals surface area contributed by atoms with E-state index in [1.165, 1.54) is 31.0 Å². The summed E-state index contributed by atoms with van der Waals surface area (Å²) in [6.45, 7) is 0. The first kappa shape index (κ1) is 14.9. The number of primary amides is 1. The average Bonchev–Trinajstić information content (AvgIpc) is 2.47. The number of carbonyl (C=O) groups excluding carboxylic acids is 1. The average molecular weight is 316 g/mol.